The molecular formula is C21H30N2O6S. The van der Waals surface area contributed by atoms with Gasteiger partial charge in [0.1, 0.15) is 0 Å². The standard InChI is InChI=1S/C21H30N2O6S/c24-20(16-29-21(25)10-9-17-5-2-1-3-6-17)22-18-7-4-8-19(15-18)30(26,27)23-11-13-28-14-12-23/h4,7-8,15,17H,1-3,5-6,9-14,16H2,(H,22,24). The SMILES string of the molecule is O=C(COC(=O)CCC1CCCCC1)Nc1cccc(S(=O)(=O)N2CCOCC2)c1. The Hall–Kier alpha value is -1.97. The van der Waals surface area contributed by atoms with Crippen LogP contribution in [0.5, 0.6) is 0 Å². The van der Waals surface area contributed by atoms with Gasteiger partial charge in [0.25, 0.3) is 5.91 Å². The zero-order chi connectivity index (χ0) is 21.4. The van der Waals surface area contributed by atoms with E-state index >= 15 is 0 Å². The molecule has 1 aliphatic heterocycles. The third kappa shape index (κ3) is 6.52. The van der Waals surface area contributed by atoms with Crippen LogP contribution in [0.3, 0.4) is 0 Å². The first-order valence-electron chi connectivity index (χ1n) is 10.6. The number of anilines is 1. The van der Waals surface area contributed by atoms with E-state index in [1.807, 2.05) is 0 Å². The molecule has 1 heterocycles. The van der Waals surface area contributed by atoms with Gasteiger partial charge in [-0.15, -0.1) is 0 Å². The van der Waals surface area contributed by atoms with Gasteiger partial charge in [-0.3, -0.25) is 9.59 Å². The van der Waals surface area contributed by atoms with Crippen LogP contribution in [-0.2, 0) is 29.1 Å². The number of rotatable bonds is 8. The van der Waals surface area contributed by atoms with Crippen LogP contribution in [0.2, 0.25) is 0 Å². The minimum Gasteiger partial charge on any atom is -0.456 e. The number of nitrogens with zero attached hydrogens (tertiary/aromatic N) is 1. The molecule has 0 atom stereocenters. The number of hydrogen-bond acceptors (Lipinski definition) is 6. The third-order valence-electron chi connectivity index (χ3n) is 5.57. The number of nitrogens with one attached hydrogen (secondary N) is 1. The zero-order valence-electron chi connectivity index (χ0n) is 17.2. The number of benzene rings is 1. The number of hydrogen-bond donors (Lipinski definition) is 1. The minimum absolute atomic E-state index is 0.103. The van der Waals surface area contributed by atoms with Gasteiger partial charge in [0.2, 0.25) is 10.0 Å². The van der Waals surface area contributed by atoms with Gasteiger partial charge in [-0.25, -0.2) is 8.42 Å². The number of esters is 1. The van der Waals surface area contributed by atoms with Crippen molar-refractivity contribution in [2.45, 2.75) is 49.8 Å². The topological polar surface area (TPSA) is 102 Å². The fourth-order valence-corrected chi connectivity index (χ4v) is 5.34. The maximum absolute atomic E-state index is 12.7. The summed E-state index contributed by atoms with van der Waals surface area (Å²) in [6, 6.07) is 6.07. The van der Waals surface area contributed by atoms with Crippen molar-refractivity contribution < 1.29 is 27.5 Å². The minimum atomic E-state index is -3.65. The Morgan fingerprint density at radius 3 is 2.60 bits per heavy atom. The van der Waals surface area contributed by atoms with Gasteiger partial charge in [0, 0.05) is 25.2 Å². The molecule has 30 heavy (non-hydrogen) atoms. The van der Waals surface area contributed by atoms with Gasteiger partial charge in [-0.2, -0.15) is 4.31 Å². The quantitative estimate of drug-likeness (QED) is 0.626. The Morgan fingerprint density at radius 1 is 1.13 bits per heavy atom. The van der Waals surface area contributed by atoms with E-state index in [1.54, 1.807) is 12.1 Å². The van der Waals surface area contributed by atoms with Gasteiger partial charge in [-0.05, 0) is 30.5 Å². The molecule has 1 aliphatic carbocycles. The molecular weight excluding hydrogens is 408 g/mol. The lowest BCUT2D eigenvalue weighted by molar-refractivity contribution is -0.147. The predicted molar refractivity (Wildman–Crippen MR) is 111 cm³/mol. The lowest BCUT2D eigenvalue weighted by Gasteiger charge is -2.26. The summed E-state index contributed by atoms with van der Waals surface area (Å²) in [6.07, 6.45) is 7.18. The normalized spacial score (nSPS) is 18.7. The third-order valence-corrected chi connectivity index (χ3v) is 7.47. The molecule has 1 saturated heterocycles. The number of carbonyl (C=O) groups is 2. The Kier molecular flexibility index (Phi) is 8.24. The summed E-state index contributed by atoms with van der Waals surface area (Å²) in [5.74, 6) is -0.294. The second-order valence-electron chi connectivity index (χ2n) is 7.80. The maximum Gasteiger partial charge on any atom is 0.306 e. The van der Waals surface area contributed by atoms with Crippen LogP contribution in [0.1, 0.15) is 44.9 Å². The summed E-state index contributed by atoms with van der Waals surface area (Å²) in [5, 5.41) is 2.59. The molecule has 0 unspecified atom stereocenters. The molecule has 1 aromatic carbocycles. The van der Waals surface area contributed by atoms with Crippen molar-refractivity contribution in [1.29, 1.82) is 0 Å². The van der Waals surface area contributed by atoms with E-state index in [2.05, 4.69) is 5.32 Å². The number of amides is 1. The van der Waals surface area contributed by atoms with E-state index in [0.717, 1.165) is 19.3 Å². The average molecular weight is 439 g/mol. The molecule has 1 aromatic rings. The van der Waals surface area contributed by atoms with Gasteiger partial charge in [0.15, 0.2) is 6.61 Å². The fraction of sp³-hybridized carbons (Fsp3) is 0.619. The molecule has 3 rings (SSSR count). The fourth-order valence-electron chi connectivity index (χ4n) is 3.88. The number of carbonyl (C=O) groups excluding carboxylic acids is 2. The van der Waals surface area contributed by atoms with E-state index in [-0.39, 0.29) is 17.5 Å². The Bertz CT molecular complexity index is 830. The van der Waals surface area contributed by atoms with Crippen LogP contribution in [0.25, 0.3) is 0 Å². The molecule has 166 valence electrons. The number of morpholine rings is 1. The number of sulfonamides is 1. The van der Waals surface area contributed by atoms with Crippen molar-refractivity contribution in [1.82, 2.24) is 4.31 Å². The monoisotopic (exact) mass is 438 g/mol. The first-order chi connectivity index (χ1) is 14.4. The van der Waals surface area contributed by atoms with E-state index in [9.17, 15) is 18.0 Å². The Balaban J connectivity index is 1.47. The van der Waals surface area contributed by atoms with Crippen LogP contribution in [-0.4, -0.2) is 57.5 Å². The van der Waals surface area contributed by atoms with Crippen LogP contribution in [0.15, 0.2) is 29.2 Å². The second-order valence-corrected chi connectivity index (χ2v) is 9.73. The lowest BCUT2D eigenvalue weighted by Crippen LogP contribution is -2.40. The highest BCUT2D eigenvalue weighted by Gasteiger charge is 2.26. The molecule has 8 nitrogen and oxygen atoms in total. The predicted octanol–water partition coefficient (Wildman–Crippen LogP) is 2.55. The summed E-state index contributed by atoms with van der Waals surface area (Å²) in [5.41, 5.74) is 0.340. The molecule has 2 aliphatic rings. The number of ether oxygens (including phenoxy) is 2. The van der Waals surface area contributed by atoms with Crippen molar-refractivity contribution in [3.8, 4) is 0 Å². The maximum atomic E-state index is 12.7. The summed E-state index contributed by atoms with van der Waals surface area (Å²) in [4.78, 5) is 24.1. The largest absolute Gasteiger partial charge is 0.456 e. The summed E-state index contributed by atoms with van der Waals surface area (Å²) >= 11 is 0. The molecule has 0 bridgehead atoms. The zero-order valence-corrected chi connectivity index (χ0v) is 18.0. The molecule has 9 heteroatoms. The van der Waals surface area contributed by atoms with Crippen LogP contribution in [0.4, 0.5) is 5.69 Å². The van der Waals surface area contributed by atoms with E-state index < -0.39 is 15.9 Å². The highest BCUT2D eigenvalue weighted by molar-refractivity contribution is 7.89. The van der Waals surface area contributed by atoms with E-state index in [0.29, 0.717) is 44.3 Å². The van der Waals surface area contributed by atoms with Crippen molar-refractivity contribution in [2.75, 3.05) is 38.2 Å². The lowest BCUT2D eigenvalue weighted by atomic mass is 9.86. The van der Waals surface area contributed by atoms with E-state index in [4.69, 9.17) is 9.47 Å². The summed E-state index contributed by atoms with van der Waals surface area (Å²) in [6.45, 7) is 0.943. The first kappa shape index (κ1) is 22.7. The Morgan fingerprint density at radius 2 is 1.87 bits per heavy atom. The van der Waals surface area contributed by atoms with Gasteiger partial charge < -0.3 is 14.8 Å². The van der Waals surface area contributed by atoms with Crippen molar-refractivity contribution in [2.24, 2.45) is 5.92 Å². The molecule has 0 aromatic heterocycles. The smallest absolute Gasteiger partial charge is 0.306 e. The second kappa shape index (κ2) is 10.9. The van der Waals surface area contributed by atoms with Gasteiger partial charge in [0.05, 0.1) is 18.1 Å². The molecule has 2 fully saturated rings. The van der Waals surface area contributed by atoms with Crippen molar-refractivity contribution >= 4 is 27.6 Å². The van der Waals surface area contributed by atoms with Gasteiger partial charge >= 0.3 is 5.97 Å². The van der Waals surface area contributed by atoms with Crippen LogP contribution < -0.4 is 5.32 Å². The highest BCUT2D eigenvalue weighted by Crippen LogP contribution is 2.27. The van der Waals surface area contributed by atoms with E-state index in [1.165, 1.54) is 35.7 Å². The van der Waals surface area contributed by atoms with Crippen molar-refractivity contribution in [3.05, 3.63) is 24.3 Å². The Labute approximate surface area is 178 Å². The van der Waals surface area contributed by atoms with Crippen LogP contribution in [0, 0.1) is 5.92 Å². The van der Waals surface area contributed by atoms with Crippen LogP contribution >= 0.6 is 0 Å². The molecule has 1 amide bonds. The molecule has 0 radical (unpaired) electrons. The summed E-state index contributed by atoms with van der Waals surface area (Å²) < 4.78 is 37.1. The van der Waals surface area contributed by atoms with Gasteiger partial charge in [-0.1, -0.05) is 38.2 Å². The van der Waals surface area contributed by atoms with Crippen molar-refractivity contribution in [3.63, 3.8) is 0 Å². The summed E-state index contributed by atoms with van der Waals surface area (Å²) in [7, 11) is -3.65. The first-order valence-corrected chi connectivity index (χ1v) is 12.0. The average Bonchev–Trinajstić information content (AvgIpc) is 2.78. The molecule has 1 saturated carbocycles. The molecule has 1 N–H and O–H groups in total. The highest BCUT2D eigenvalue weighted by atomic mass is 32.2. The molecule has 0 spiro atoms.